The molecule has 1 amide bonds. The van der Waals surface area contributed by atoms with E-state index >= 15 is 0 Å². The van der Waals surface area contributed by atoms with Crippen molar-refractivity contribution in [3.05, 3.63) is 35.4 Å². The van der Waals surface area contributed by atoms with Gasteiger partial charge in [-0.15, -0.1) is 0 Å². The number of benzene rings is 1. The quantitative estimate of drug-likeness (QED) is 0.900. The van der Waals surface area contributed by atoms with Crippen molar-refractivity contribution in [3.8, 4) is 0 Å². The Labute approximate surface area is 122 Å². The van der Waals surface area contributed by atoms with Crippen LogP contribution in [-0.4, -0.2) is 11.9 Å². The van der Waals surface area contributed by atoms with Crippen molar-refractivity contribution in [3.63, 3.8) is 0 Å². The monoisotopic (exact) mass is 299 g/mol. The molecule has 2 nitrogen and oxygen atoms in total. The molecule has 1 aliphatic carbocycles. The Hall–Kier alpha value is -1.52. The van der Waals surface area contributed by atoms with E-state index in [4.69, 9.17) is 0 Å². The van der Waals surface area contributed by atoms with Gasteiger partial charge in [0.15, 0.2) is 0 Å². The van der Waals surface area contributed by atoms with Crippen molar-refractivity contribution in [2.45, 2.75) is 51.2 Å². The number of hydrogen-bond acceptors (Lipinski definition) is 1. The minimum absolute atomic E-state index is 0.00681. The summed E-state index contributed by atoms with van der Waals surface area (Å²) in [4.78, 5) is 12.0. The van der Waals surface area contributed by atoms with Gasteiger partial charge in [0.25, 0.3) is 0 Å². The number of rotatable bonds is 3. The average molecular weight is 299 g/mol. The highest BCUT2D eigenvalue weighted by Gasteiger charge is 2.30. The standard InChI is InChI=1S/C16H20F3NO/c1-11-5-2-3-8-14(11)20-15(21)10-12-6-4-7-13(9-12)16(17,18)19/h4,6-7,9,11,14H,2-3,5,8,10H2,1H3,(H,20,21). The van der Waals surface area contributed by atoms with Crippen molar-refractivity contribution < 1.29 is 18.0 Å². The lowest BCUT2D eigenvalue weighted by Crippen LogP contribution is -2.41. The van der Waals surface area contributed by atoms with E-state index in [-0.39, 0.29) is 18.4 Å². The van der Waals surface area contributed by atoms with Gasteiger partial charge in [0.2, 0.25) is 5.91 Å². The first-order chi connectivity index (χ1) is 9.86. The lowest BCUT2D eigenvalue weighted by molar-refractivity contribution is -0.137. The SMILES string of the molecule is CC1CCCCC1NC(=O)Cc1cccc(C(F)(F)F)c1. The van der Waals surface area contributed by atoms with Crippen LogP contribution in [0.1, 0.15) is 43.7 Å². The molecule has 1 aromatic rings. The van der Waals surface area contributed by atoms with Gasteiger partial charge in [0.1, 0.15) is 0 Å². The molecule has 1 N–H and O–H groups in total. The Kier molecular flexibility index (Phi) is 4.91. The van der Waals surface area contributed by atoms with Crippen molar-refractivity contribution >= 4 is 5.91 Å². The number of amides is 1. The number of halogens is 3. The maximum absolute atomic E-state index is 12.6. The third-order valence-electron chi connectivity index (χ3n) is 4.08. The number of alkyl halides is 3. The minimum Gasteiger partial charge on any atom is -0.353 e. The van der Waals surface area contributed by atoms with Crippen LogP contribution in [0.4, 0.5) is 13.2 Å². The first-order valence-corrected chi connectivity index (χ1v) is 7.32. The second kappa shape index (κ2) is 6.50. The Bertz CT molecular complexity index is 499. The summed E-state index contributed by atoms with van der Waals surface area (Å²) in [6.45, 7) is 2.11. The van der Waals surface area contributed by atoms with E-state index in [1.807, 2.05) is 0 Å². The molecule has 0 saturated heterocycles. The van der Waals surface area contributed by atoms with Gasteiger partial charge in [0, 0.05) is 6.04 Å². The molecule has 0 radical (unpaired) electrons. The van der Waals surface area contributed by atoms with Crippen molar-refractivity contribution in [1.82, 2.24) is 5.32 Å². The van der Waals surface area contributed by atoms with Gasteiger partial charge < -0.3 is 5.32 Å². The molecule has 0 aromatic heterocycles. The van der Waals surface area contributed by atoms with Crippen LogP contribution in [0, 0.1) is 5.92 Å². The van der Waals surface area contributed by atoms with E-state index in [2.05, 4.69) is 12.2 Å². The lowest BCUT2D eigenvalue weighted by Gasteiger charge is -2.29. The molecule has 1 saturated carbocycles. The molecule has 21 heavy (non-hydrogen) atoms. The molecule has 2 unspecified atom stereocenters. The van der Waals surface area contributed by atoms with Gasteiger partial charge in [-0.2, -0.15) is 13.2 Å². The molecule has 2 atom stereocenters. The minimum atomic E-state index is -4.37. The maximum Gasteiger partial charge on any atom is 0.416 e. The van der Waals surface area contributed by atoms with Crippen molar-refractivity contribution in [1.29, 1.82) is 0 Å². The highest BCUT2D eigenvalue weighted by atomic mass is 19.4. The zero-order chi connectivity index (χ0) is 15.5. The van der Waals surface area contributed by atoms with E-state index in [1.165, 1.54) is 12.5 Å². The molecule has 0 bridgehead atoms. The zero-order valence-electron chi connectivity index (χ0n) is 12.0. The van der Waals surface area contributed by atoms with Gasteiger partial charge in [-0.25, -0.2) is 0 Å². The first-order valence-electron chi connectivity index (χ1n) is 7.32. The smallest absolute Gasteiger partial charge is 0.353 e. The van der Waals surface area contributed by atoms with Crippen LogP contribution in [0.3, 0.4) is 0 Å². The van der Waals surface area contributed by atoms with Gasteiger partial charge in [-0.05, 0) is 30.4 Å². The molecule has 0 heterocycles. The second-order valence-corrected chi connectivity index (χ2v) is 5.81. The number of carbonyl (C=O) groups is 1. The molecular formula is C16H20F3NO. The highest BCUT2D eigenvalue weighted by molar-refractivity contribution is 5.79. The molecule has 0 aliphatic heterocycles. The van der Waals surface area contributed by atoms with Crippen LogP contribution < -0.4 is 5.32 Å². The van der Waals surface area contributed by atoms with Gasteiger partial charge in [0.05, 0.1) is 12.0 Å². The largest absolute Gasteiger partial charge is 0.416 e. The summed E-state index contributed by atoms with van der Waals surface area (Å²) in [7, 11) is 0. The molecule has 5 heteroatoms. The molecule has 1 fully saturated rings. The van der Waals surface area contributed by atoms with E-state index in [1.54, 1.807) is 6.07 Å². The van der Waals surface area contributed by atoms with E-state index < -0.39 is 11.7 Å². The van der Waals surface area contributed by atoms with Gasteiger partial charge in [-0.1, -0.05) is 38.0 Å². The van der Waals surface area contributed by atoms with Crippen LogP contribution >= 0.6 is 0 Å². The van der Waals surface area contributed by atoms with Crippen molar-refractivity contribution in [2.75, 3.05) is 0 Å². The summed E-state index contributed by atoms with van der Waals surface area (Å²) in [6.07, 6.45) is -0.0540. The summed E-state index contributed by atoms with van der Waals surface area (Å²) in [5, 5.41) is 2.96. The van der Waals surface area contributed by atoms with E-state index in [9.17, 15) is 18.0 Å². The topological polar surface area (TPSA) is 29.1 Å². The van der Waals surface area contributed by atoms with Crippen LogP contribution in [0.15, 0.2) is 24.3 Å². The molecular weight excluding hydrogens is 279 g/mol. The molecule has 116 valence electrons. The molecule has 1 aromatic carbocycles. The predicted molar refractivity (Wildman–Crippen MR) is 74.7 cm³/mol. The third kappa shape index (κ3) is 4.48. The Morgan fingerprint density at radius 3 is 2.67 bits per heavy atom. The fraction of sp³-hybridized carbons (Fsp3) is 0.562. The Morgan fingerprint density at radius 1 is 1.29 bits per heavy atom. The summed E-state index contributed by atoms with van der Waals surface area (Å²) in [5.41, 5.74) is -0.315. The number of nitrogens with one attached hydrogen (secondary N) is 1. The number of hydrogen-bond donors (Lipinski definition) is 1. The predicted octanol–water partition coefficient (Wildman–Crippen LogP) is 3.94. The van der Waals surface area contributed by atoms with Gasteiger partial charge in [-0.3, -0.25) is 4.79 Å². The summed E-state index contributed by atoms with van der Waals surface area (Å²) in [6, 6.07) is 5.11. The molecule has 2 rings (SSSR count). The summed E-state index contributed by atoms with van der Waals surface area (Å²) < 4.78 is 37.9. The fourth-order valence-electron chi connectivity index (χ4n) is 2.83. The summed E-state index contributed by atoms with van der Waals surface area (Å²) in [5.74, 6) is 0.234. The van der Waals surface area contributed by atoms with Crippen LogP contribution in [-0.2, 0) is 17.4 Å². The van der Waals surface area contributed by atoms with Gasteiger partial charge >= 0.3 is 6.18 Å². The van der Waals surface area contributed by atoms with Crippen LogP contribution in [0.25, 0.3) is 0 Å². The van der Waals surface area contributed by atoms with E-state index in [0.29, 0.717) is 11.5 Å². The van der Waals surface area contributed by atoms with E-state index in [0.717, 1.165) is 31.4 Å². The second-order valence-electron chi connectivity index (χ2n) is 5.81. The summed E-state index contributed by atoms with van der Waals surface area (Å²) >= 11 is 0. The third-order valence-corrected chi connectivity index (χ3v) is 4.08. The molecule has 1 aliphatic rings. The zero-order valence-corrected chi connectivity index (χ0v) is 12.0. The maximum atomic E-state index is 12.6. The highest BCUT2D eigenvalue weighted by Crippen LogP contribution is 2.29. The lowest BCUT2D eigenvalue weighted by atomic mass is 9.86. The number of carbonyl (C=O) groups excluding carboxylic acids is 1. The van der Waals surface area contributed by atoms with Crippen LogP contribution in [0.2, 0.25) is 0 Å². The normalized spacial score (nSPS) is 22.9. The first kappa shape index (κ1) is 15.9. The fourth-order valence-corrected chi connectivity index (χ4v) is 2.83. The van der Waals surface area contributed by atoms with Crippen molar-refractivity contribution in [2.24, 2.45) is 5.92 Å². The molecule has 0 spiro atoms. The Morgan fingerprint density at radius 2 is 2.00 bits per heavy atom. The Balaban J connectivity index is 1.96. The average Bonchev–Trinajstić information content (AvgIpc) is 2.41. The van der Waals surface area contributed by atoms with Crippen LogP contribution in [0.5, 0.6) is 0 Å².